The Bertz CT molecular complexity index is 763. The van der Waals surface area contributed by atoms with E-state index in [1.807, 2.05) is 13.0 Å². The van der Waals surface area contributed by atoms with Gasteiger partial charge in [0.05, 0.1) is 5.75 Å². The smallest absolute Gasteiger partial charge is 0.317 e. The average molecular weight is 415 g/mol. The third kappa shape index (κ3) is 5.67. The number of halogens is 1. The first-order chi connectivity index (χ1) is 13.2. The Morgan fingerprint density at radius 2 is 2.00 bits per heavy atom. The minimum absolute atomic E-state index is 0.0548. The third-order valence-electron chi connectivity index (χ3n) is 5.53. The molecular formula is C20H31FN2O4S. The summed E-state index contributed by atoms with van der Waals surface area (Å²) < 4.78 is 43.1. The van der Waals surface area contributed by atoms with Gasteiger partial charge in [0.1, 0.15) is 5.82 Å². The molecule has 1 fully saturated rings. The van der Waals surface area contributed by atoms with Crippen LogP contribution in [-0.4, -0.2) is 63.2 Å². The van der Waals surface area contributed by atoms with Gasteiger partial charge in [-0.25, -0.2) is 17.6 Å². The Morgan fingerprint density at radius 1 is 1.32 bits per heavy atom. The van der Waals surface area contributed by atoms with Crippen LogP contribution in [0.2, 0.25) is 0 Å². The Kier molecular flexibility index (Phi) is 7.83. The third-order valence-corrected chi connectivity index (χ3v) is 7.40. The van der Waals surface area contributed by atoms with E-state index in [-0.39, 0.29) is 23.4 Å². The number of rotatable bonds is 8. The molecule has 1 aliphatic heterocycles. The van der Waals surface area contributed by atoms with Crippen LogP contribution in [0.15, 0.2) is 24.3 Å². The van der Waals surface area contributed by atoms with Crippen molar-refractivity contribution in [2.45, 2.75) is 45.1 Å². The lowest BCUT2D eigenvalue weighted by molar-refractivity contribution is 0.0499. The fourth-order valence-corrected chi connectivity index (χ4v) is 4.88. The lowest BCUT2D eigenvalue weighted by atomic mass is 9.74. The summed E-state index contributed by atoms with van der Waals surface area (Å²) in [6.07, 6.45) is 1.37. The van der Waals surface area contributed by atoms with E-state index in [2.05, 4.69) is 5.32 Å². The molecule has 1 aromatic carbocycles. The summed E-state index contributed by atoms with van der Waals surface area (Å²) in [5, 5.41) is 2.96. The van der Waals surface area contributed by atoms with Crippen LogP contribution >= 0.6 is 0 Å². The lowest BCUT2D eigenvalue weighted by Gasteiger charge is -2.39. The number of ether oxygens (including phenoxy) is 1. The summed E-state index contributed by atoms with van der Waals surface area (Å²) in [6.45, 7) is 7.03. The van der Waals surface area contributed by atoms with Crippen LogP contribution in [-0.2, 0) is 20.0 Å². The van der Waals surface area contributed by atoms with Crippen molar-refractivity contribution in [2.75, 3.05) is 37.8 Å². The normalized spacial score (nSPS) is 17.7. The average Bonchev–Trinajstić information content (AvgIpc) is 2.67. The van der Waals surface area contributed by atoms with Crippen LogP contribution in [0.5, 0.6) is 0 Å². The van der Waals surface area contributed by atoms with Crippen molar-refractivity contribution >= 4 is 15.9 Å². The standard InChI is InChI=1S/C20H31FN2O4S/c1-4-23(16(3)14-28(25,26)5-2)19(24)22-15-20(9-11-27-12-10-20)17-7-6-8-18(21)13-17/h6-8,13,16H,4-5,9-12,14-15H2,1-3H3,(H,22,24). The summed E-state index contributed by atoms with van der Waals surface area (Å²) in [4.78, 5) is 14.3. The fourth-order valence-electron chi connectivity index (χ4n) is 3.73. The number of benzene rings is 1. The second kappa shape index (κ2) is 9.69. The van der Waals surface area contributed by atoms with Crippen molar-refractivity contribution in [2.24, 2.45) is 0 Å². The van der Waals surface area contributed by atoms with Crippen molar-refractivity contribution < 1.29 is 22.3 Å². The molecule has 28 heavy (non-hydrogen) atoms. The first-order valence-corrected chi connectivity index (χ1v) is 11.6. The molecule has 1 saturated heterocycles. The highest BCUT2D eigenvalue weighted by atomic mass is 32.2. The zero-order chi connectivity index (χ0) is 20.8. The second-order valence-electron chi connectivity index (χ2n) is 7.40. The van der Waals surface area contributed by atoms with E-state index in [9.17, 15) is 17.6 Å². The van der Waals surface area contributed by atoms with E-state index in [4.69, 9.17) is 4.74 Å². The largest absolute Gasteiger partial charge is 0.381 e. The van der Waals surface area contributed by atoms with Gasteiger partial charge in [0.25, 0.3) is 0 Å². The SMILES string of the molecule is CCN(C(=O)NCC1(c2cccc(F)c2)CCOCC1)C(C)CS(=O)(=O)CC. The predicted molar refractivity (Wildman–Crippen MR) is 108 cm³/mol. The van der Waals surface area contributed by atoms with Gasteiger partial charge in [-0.2, -0.15) is 0 Å². The van der Waals surface area contributed by atoms with E-state index in [0.717, 1.165) is 5.56 Å². The molecule has 1 atom stereocenters. The van der Waals surface area contributed by atoms with Gasteiger partial charge in [0.15, 0.2) is 9.84 Å². The van der Waals surface area contributed by atoms with Gasteiger partial charge < -0.3 is 15.0 Å². The Hall–Kier alpha value is -1.67. The van der Waals surface area contributed by atoms with E-state index >= 15 is 0 Å². The molecule has 1 aromatic rings. The molecule has 0 spiro atoms. The first kappa shape index (κ1) is 22.6. The number of hydrogen-bond acceptors (Lipinski definition) is 4. The number of carbonyl (C=O) groups is 1. The van der Waals surface area contributed by atoms with Crippen LogP contribution in [0.4, 0.5) is 9.18 Å². The zero-order valence-corrected chi connectivity index (χ0v) is 17.7. The molecule has 158 valence electrons. The molecule has 0 saturated carbocycles. The summed E-state index contributed by atoms with van der Waals surface area (Å²) in [6, 6.07) is 5.77. The van der Waals surface area contributed by atoms with E-state index in [1.54, 1.807) is 19.9 Å². The maximum Gasteiger partial charge on any atom is 0.317 e. The monoisotopic (exact) mass is 414 g/mol. The second-order valence-corrected chi connectivity index (χ2v) is 9.79. The van der Waals surface area contributed by atoms with Gasteiger partial charge in [-0.3, -0.25) is 0 Å². The molecule has 8 heteroatoms. The van der Waals surface area contributed by atoms with Gasteiger partial charge in [-0.05, 0) is 44.4 Å². The van der Waals surface area contributed by atoms with Crippen molar-refractivity contribution in [3.63, 3.8) is 0 Å². The lowest BCUT2D eigenvalue weighted by Crippen LogP contribution is -2.51. The van der Waals surface area contributed by atoms with Gasteiger partial charge in [-0.1, -0.05) is 19.1 Å². The van der Waals surface area contributed by atoms with Crippen molar-refractivity contribution in [3.8, 4) is 0 Å². The van der Waals surface area contributed by atoms with Crippen LogP contribution in [0.25, 0.3) is 0 Å². The molecule has 6 nitrogen and oxygen atoms in total. The Balaban J connectivity index is 2.12. The highest BCUT2D eigenvalue weighted by molar-refractivity contribution is 7.91. The number of nitrogens with zero attached hydrogens (tertiary/aromatic N) is 1. The first-order valence-electron chi connectivity index (χ1n) is 9.81. The number of hydrogen-bond donors (Lipinski definition) is 1. The van der Waals surface area contributed by atoms with Crippen LogP contribution in [0.1, 0.15) is 39.2 Å². The van der Waals surface area contributed by atoms with E-state index in [0.29, 0.717) is 39.1 Å². The molecule has 1 heterocycles. The van der Waals surface area contributed by atoms with Crippen LogP contribution in [0.3, 0.4) is 0 Å². The Morgan fingerprint density at radius 3 is 2.57 bits per heavy atom. The topological polar surface area (TPSA) is 75.7 Å². The zero-order valence-electron chi connectivity index (χ0n) is 16.9. The molecule has 2 rings (SSSR count). The predicted octanol–water partition coefficient (Wildman–Crippen LogP) is 2.73. The number of carbonyl (C=O) groups excluding carboxylic acids is 1. The molecule has 2 amide bonds. The molecule has 0 bridgehead atoms. The van der Waals surface area contributed by atoms with Gasteiger partial charge in [0, 0.05) is 43.5 Å². The minimum atomic E-state index is -3.18. The molecule has 1 aliphatic rings. The van der Waals surface area contributed by atoms with Gasteiger partial charge in [-0.15, -0.1) is 0 Å². The highest BCUT2D eigenvalue weighted by Gasteiger charge is 2.36. The molecule has 0 aromatic heterocycles. The summed E-state index contributed by atoms with van der Waals surface area (Å²) >= 11 is 0. The van der Waals surface area contributed by atoms with Crippen molar-refractivity contribution in [1.82, 2.24) is 10.2 Å². The molecule has 1 N–H and O–H groups in total. The number of amides is 2. The quantitative estimate of drug-likeness (QED) is 0.710. The number of urea groups is 1. The fraction of sp³-hybridized carbons (Fsp3) is 0.650. The molecule has 1 unspecified atom stereocenters. The van der Waals surface area contributed by atoms with E-state index < -0.39 is 21.3 Å². The summed E-state index contributed by atoms with van der Waals surface area (Å²) in [5.74, 6) is -0.310. The van der Waals surface area contributed by atoms with Gasteiger partial charge in [0.2, 0.25) is 0 Å². The minimum Gasteiger partial charge on any atom is -0.381 e. The molecular weight excluding hydrogens is 383 g/mol. The number of sulfone groups is 1. The van der Waals surface area contributed by atoms with Crippen LogP contribution < -0.4 is 5.32 Å². The summed E-state index contributed by atoms with van der Waals surface area (Å²) in [5.41, 5.74) is 0.453. The highest BCUT2D eigenvalue weighted by Crippen LogP contribution is 2.34. The number of nitrogens with one attached hydrogen (secondary N) is 1. The molecule has 0 aliphatic carbocycles. The van der Waals surface area contributed by atoms with Crippen LogP contribution in [0, 0.1) is 5.82 Å². The summed E-state index contributed by atoms with van der Waals surface area (Å²) in [7, 11) is -3.18. The van der Waals surface area contributed by atoms with Crippen molar-refractivity contribution in [1.29, 1.82) is 0 Å². The van der Waals surface area contributed by atoms with Gasteiger partial charge >= 0.3 is 6.03 Å². The Labute approximate surface area is 167 Å². The maximum atomic E-state index is 13.8. The molecule has 0 radical (unpaired) electrons. The van der Waals surface area contributed by atoms with Crippen molar-refractivity contribution in [3.05, 3.63) is 35.6 Å². The van der Waals surface area contributed by atoms with E-state index in [1.165, 1.54) is 17.0 Å². The maximum absolute atomic E-state index is 13.8.